The number of sulfonamides is 1. The second-order valence-electron chi connectivity index (χ2n) is 9.41. The fraction of sp³-hybridized carbons (Fsp3) is 0.667. The maximum atomic E-state index is 13.1. The molecule has 3 saturated heterocycles. The third-order valence-electron chi connectivity index (χ3n) is 7.41. The van der Waals surface area contributed by atoms with Gasteiger partial charge in [-0.3, -0.25) is 4.79 Å². The van der Waals surface area contributed by atoms with Crippen molar-refractivity contribution in [3.8, 4) is 0 Å². The van der Waals surface area contributed by atoms with Crippen LogP contribution in [0.15, 0.2) is 24.3 Å². The average molecular weight is 468 g/mol. The van der Waals surface area contributed by atoms with Gasteiger partial charge < -0.3 is 4.90 Å². The molecule has 5 atom stereocenters. The Hall–Kier alpha value is -1.23. The van der Waals surface area contributed by atoms with E-state index >= 15 is 0 Å². The lowest BCUT2D eigenvalue weighted by Gasteiger charge is -2.32. The Kier molecular flexibility index (Phi) is 6.00. The molecule has 3 unspecified atom stereocenters. The molecule has 31 heavy (non-hydrogen) atoms. The zero-order valence-corrected chi connectivity index (χ0v) is 19.0. The van der Waals surface area contributed by atoms with Crippen molar-refractivity contribution in [3.05, 3.63) is 34.9 Å². The number of halogens is 1. The Labute approximate surface area is 188 Å². The smallest absolute Gasteiger partial charge is 0.225 e. The Morgan fingerprint density at radius 1 is 1.06 bits per heavy atom. The number of carbonyl (C=O) groups is 1. The van der Waals surface area contributed by atoms with Crippen LogP contribution in [0.25, 0.3) is 0 Å². The van der Waals surface area contributed by atoms with Crippen molar-refractivity contribution in [2.75, 3.05) is 31.9 Å². The molecule has 8 nitrogen and oxygen atoms in total. The van der Waals surface area contributed by atoms with Gasteiger partial charge in [0.05, 0.1) is 5.75 Å². The Morgan fingerprint density at radius 3 is 2.55 bits per heavy atom. The molecule has 4 fully saturated rings. The number of nitrogens with one attached hydrogen (secondary N) is 3. The lowest BCUT2D eigenvalue weighted by atomic mass is 9.82. The minimum absolute atomic E-state index is 0.0619. The lowest BCUT2D eigenvalue weighted by Crippen LogP contribution is -2.45. The van der Waals surface area contributed by atoms with Crippen LogP contribution in [0.4, 0.5) is 0 Å². The number of fused-ring (bicyclic) bond motifs is 2. The van der Waals surface area contributed by atoms with E-state index in [-0.39, 0.29) is 29.4 Å². The SMILES string of the molecule is O=C(C1CCC2NNNC2C1)N1C[C@@H]2CN(S(=O)(=O)CCc3cccc(Cl)c3)C[C@@H]2C1. The minimum Gasteiger partial charge on any atom is -0.342 e. The first kappa shape index (κ1) is 21.6. The van der Waals surface area contributed by atoms with Crippen LogP contribution in [-0.2, 0) is 21.2 Å². The molecule has 1 saturated carbocycles. The lowest BCUT2D eigenvalue weighted by molar-refractivity contribution is -0.136. The number of likely N-dealkylation sites (tertiary alicyclic amines) is 1. The third kappa shape index (κ3) is 4.49. The highest BCUT2D eigenvalue weighted by Crippen LogP contribution is 2.35. The fourth-order valence-electron chi connectivity index (χ4n) is 5.64. The van der Waals surface area contributed by atoms with Gasteiger partial charge in [0.1, 0.15) is 0 Å². The summed E-state index contributed by atoms with van der Waals surface area (Å²) >= 11 is 6.01. The van der Waals surface area contributed by atoms with Gasteiger partial charge in [0, 0.05) is 49.2 Å². The molecule has 0 aromatic heterocycles. The van der Waals surface area contributed by atoms with Gasteiger partial charge in [0.2, 0.25) is 15.9 Å². The van der Waals surface area contributed by atoms with Gasteiger partial charge >= 0.3 is 0 Å². The number of rotatable bonds is 5. The van der Waals surface area contributed by atoms with Crippen LogP contribution in [0.1, 0.15) is 24.8 Å². The van der Waals surface area contributed by atoms with Crippen LogP contribution in [-0.4, -0.2) is 67.5 Å². The first-order valence-electron chi connectivity index (χ1n) is 11.2. The van der Waals surface area contributed by atoms with E-state index in [1.807, 2.05) is 23.1 Å². The second-order valence-corrected chi connectivity index (χ2v) is 11.9. The summed E-state index contributed by atoms with van der Waals surface area (Å²) < 4.78 is 27.4. The van der Waals surface area contributed by atoms with Crippen molar-refractivity contribution in [1.29, 1.82) is 0 Å². The average Bonchev–Trinajstić information content (AvgIpc) is 3.46. The van der Waals surface area contributed by atoms with Crippen molar-refractivity contribution < 1.29 is 13.2 Å². The predicted molar refractivity (Wildman–Crippen MR) is 118 cm³/mol. The molecule has 0 bridgehead atoms. The summed E-state index contributed by atoms with van der Waals surface area (Å²) in [6, 6.07) is 8.05. The van der Waals surface area contributed by atoms with Crippen LogP contribution in [0, 0.1) is 17.8 Å². The van der Waals surface area contributed by atoms with Crippen LogP contribution < -0.4 is 16.4 Å². The van der Waals surface area contributed by atoms with Crippen molar-refractivity contribution in [1.82, 2.24) is 25.6 Å². The van der Waals surface area contributed by atoms with Gasteiger partial charge in [-0.1, -0.05) is 23.7 Å². The molecular formula is C21H30ClN5O3S. The van der Waals surface area contributed by atoms with E-state index in [4.69, 9.17) is 11.6 Å². The van der Waals surface area contributed by atoms with Crippen LogP contribution >= 0.6 is 11.6 Å². The van der Waals surface area contributed by atoms with Gasteiger partial charge in [-0.2, -0.15) is 5.53 Å². The van der Waals surface area contributed by atoms with E-state index < -0.39 is 10.0 Å². The first-order valence-corrected chi connectivity index (χ1v) is 13.1. The number of carbonyl (C=O) groups excluding carboxylic acids is 1. The van der Waals surface area contributed by atoms with E-state index in [0.717, 1.165) is 24.8 Å². The topological polar surface area (TPSA) is 93.8 Å². The molecular weight excluding hydrogens is 438 g/mol. The van der Waals surface area contributed by atoms with Gasteiger partial charge in [0.25, 0.3) is 0 Å². The predicted octanol–water partition coefficient (Wildman–Crippen LogP) is 0.752. The van der Waals surface area contributed by atoms with Crippen LogP contribution in [0.5, 0.6) is 0 Å². The highest BCUT2D eigenvalue weighted by molar-refractivity contribution is 7.89. The molecule has 10 heteroatoms. The molecule has 0 radical (unpaired) electrons. The van der Waals surface area contributed by atoms with Gasteiger partial charge in [-0.15, -0.1) is 0 Å². The van der Waals surface area contributed by atoms with Gasteiger partial charge in [-0.25, -0.2) is 23.6 Å². The normalized spacial score (nSPS) is 33.5. The zero-order valence-electron chi connectivity index (χ0n) is 17.5. The molecule has 3 aliphatic heterocycles. The summed E-state index contributed by atoms with van der Waals surface area (Å²) in [6.07, 6.45) is 3.20. The van der Waals surface area contributed by atoms with Crippen molar-refractivity contribution in [3.63, 3.8) is 0 Å². The number of hydrazine groups is 2. The zero-order chi connectivity index (χ0) is 21.6. The largest absolute Gasteiger partial charge is 0.342 e. The minimum atomic E-state index is -3.32. The molecule has 1 aromatic carbocycles. The van der Waals surface area contributed by atoms with E-state index in [1.54, 1.807) is 10.4 Å². The highest BCUT2D eigenvalue weighted by atomic mass is 35.5. The maximum Gasteiger partial charge on any atom is 0.225 e. The number of hydrogen-bond donors (Lipinski definition) is 3. The number of nitrogens with zero attached hydrogens (tertiary/aromatic N) is 2. The van der Waals surface area contributed by atoms with Gasteiger partial charge in [0.15, 0.2) is 0 Å². The Bertz CT molecular complexity index is 931. The monoisotopic (exact) mass is 467 g/mol. The summed E-state index contributed by atoms with van der Waals surface area (Å²) in [7, 11) is -3.32. The summed E-state index contributed by atoms with van der Waals surface area (Å²) in [5, 5.41) is 0.625. The molecule has 0 spiro atoms. The Balaban J connectivity index is 1.14. The van der Waals surface area contributed by atoms with Gasteiger partial charge in [-0.05, 0) is 55.2 Å². The number of hydrogen-bond acceptors (Lipinski definition) is 6. The van der Waals surface area contributed by atoms with Crippen molar-refractivity contribution >= 4 is 27.5 Å². The molecule has 4 aliphatic rings. The quantitative estimate of drug-likeness (QED) is 0.591. The molecule has 5 rings (SSSR count). The highest BCUT2D eigenvalue weighted by Gasteiger charge is 2.46. The second kappa shape index (κ2) is 8.61. The molecule has 3 N–H and O–H groups in total. The molecule has 3 heterocycles. The Morgan fingerprint density at radius 2 is 1.81 bits per heavy atom. The molecule has 1 aliphatic carbocycles. The van der Waals surface area contributed by atoms with E-state index in [9.17, 15) is 13.2 Å². The third-order valence-corrected chi connectivity index (χ3v) is 9.45. The molecule has 170 valence electrons. The number of benzene rings is 1. The van der Waals surface area contributed by atoms with Crippen molar-refractivity contribution in [2.24, 2.45) is 17.8 Å². The molecule has 1 aromatic rings. The fourth-order valence-corrected chi connectivity index (χ4v) is 7.44. The van der Waals surface area contributed by atoms with Crippen molar-refractivity contribution in [2.45, 2.75) is 37.8 Å². The summed E-state index contributed by atoms with van der Waals surface area (Å²) in [5.74, 6) is 0.891. The first-order chi connectivity index (χ1) is 14.9. The van der Waals surface area contributed by atoms with E-state index in [1.165, 1.54) is 0 Å². The summed E-state index contributed by atoms with van der Waals surface area (Å²) in [5.41, 5.74) is 10.3. The summed E-state index contributed by atoms with van der Waals surface area (Å²) in [4.78, 5) is 15.1. The van der Waals surface area contributed by atoms with Crippen LogP contribution in [0.3, 0.4) is 0 Å². The number of amides is 1. The maximum absolute atomic E-state index is 13.1. The van der Waals surface area contributed by atoms with E-state index in [0.29, 0.717) is 49.7 Å². The standard InChI is InChI=1S/C21H30ClN5O3S/c22-18-3-1-2-14(8-18)6-7-31(29,30)27-12-16-10-26(11-17(16)13-27)21(28)15-4-5-19-20(9-15)24-25-23-19/h1-3,8,15-17,19-20,23-25H,4-7,9-13H2/t15?,16-,17+,19?,20?. The summed E-state index contributed by atoms with van der Waals surface area (Å²) in [6.45, 7) is 2.41. The van der Waals surface area contributed by atoms with E-state index in [2.05, 4.69) is 16.4 Å². The van der Waals surface area contributed by atoms with Crippen LogP contribution in [0.2, 0.25) is 5.02 Å². The number of aryl methyl sites for hydroxylation is 1. The molecule has 1 amide bonds.